The van der Waals surface area contributed by atoms with Crippen molar-refractivity contribution in [1.82, 2.24) is 5.32 Å². The van der Waals surface area contributed by atoms with Gasteiger partial charge in [-0.1, -0.05) is 19.1 Å². The fourth-order valence-electron chi connectivity index (χ4n) is 1.64. The minimum Gasteiger partial charge on any atom is -0.496 e. The van der Waals surface area contributed by atoms with Crippen LogP contribution in [0.5, 0.6) is 5.75 Å². The number of methoxy groups -OCH3 is 1. The quantitative estimate of drug-likeness (QED) is 0.770. The van der Waals surface area contributed by atoms with E-state index in [4.69, 9.17) is 10.5 Å². The summed E-state index contributed by atoms with van der Waals surface area (Å²) in [5.41, 5.74) is 8.38. The monoisotopic (exact) mass is 208 g/mol. The number of ether oxygens (including phenoxy) is 1. The molecule has 1 aromatic rings. The van der Waals surface area contributed by atoms with Crippen LogP contribution in [-0.2, 0) is 6.42 Å². The molecular weight excluding hydrogens is 188 g/mol. The molecular formula is C12H20N2O. The summed E-state index contributed by atoms with van der Waals surface area (Å²) in [6.07, 6.45) is 0.962. The molecule has 0 saturated carbocycles. The smallest absolute Gasteiger partial charge is 0.122 e. The zero-order chi connectivity index (χ0) is 11.3. The maximum Gasteiger partial charge on any atom is 0.122 e. The van der Waals surface area contributed by atoms with Crippen molar-refractivity contribution in [3.63, 3.8) is 0 Å². The first-order chi connectivity index (χ1) is 7.22. The molecule has 1 unspecified atom stereocenters. The molecule has 1 rings (SSSR count). The van der Waals surface area contributed by atoms with Gasteiger partial charge in [0.15, 0.2) is 0 Å². The van der Waals surface area contributed by atoms with Crippen molar-refractivity contribution in [2.75, 3.05) is 20.7 Å². The second-order valence-corrected chi connectivity index (χ2v) is 3.59. The normalized spacial score (nSPS) is 12.5. The van der Waals surface area contributed by atoms with Crippen LogP contribution in [0, 0.1) is 0 Å². The lowest BCUT2D eigenvalue weighted by Crippen LogP contribution is -2.24. The minimum absolute atomic E-state index is 0.0474. The van der Waals surface area contributed by atoms with Gasteiger partial charge in [0.05, 0.1) is 7.11 Å². The second-order valence-electron chi connectivity index (χ2n) is 3.59. The summed E-state index contributed by atoms with van der Waals surface area (Å²) in [5, 5.41) is 3.08. The number of nitrogens with one attached hydrogen (secondary N) is 1. The van der Waals surface area contributed by atoms with Crippen molar-refractivity contribution in [2.45, 2.75) is 19.4 Å². The standard InChI is InChI=1S/C12H20N2O/c1-4-9-7-10(11(13)8-14-2)5-6-12(9)15-3/h5-7,11,14H,4,8,13H2,1-3H3. The van der Waals surface area contributed by atoms with Gasteiger partial charge in [-0.3, -0.25) is 0 Å². The first-order valence-corrected chi connectivity index (χ1v) is 5.29. The molecule has 0 aliphatic carbocycles. The highest BCUT2D eigenvalue weighted by Crippen LogP contribution is 2.22. The van der Waals surface area contributed by atoms with Crippen molar-refractivity contribution < 1.29 is 4.74 Å². The maximum absolute atomic E-state index is 6.02. The van der Waals surface area contributed by atoms with Crippen LogP contribution in [0.15, 0.2) is 18.2 Å². The highest BCUT2D eigenvalue weighted by atomic mass is 16.5. The van der Waals surface area contributed by atoms with Crippen molar-refractivity contribution in [2.24, 2.45) is 5.73 Å². The molecule has 0 aliphatic heterocycles. The molecule has 0 spiro atoms. The number of rotatable bonds is 5. The lowest BCUT2D eigenvalue weighted by atomic mass is 10.0. The predicted octanol–water partition coefficient (Wildman–Crippen LogP) is 1.48. The van der Waals surface area contributed by atoms with Gasteiger partial charge in [0.2, 0.25) is 0 Å². The Balaban J connectivity index is 2.92. The predicted molar refractivity (Wildman–Crippen MR) is 63.2 cm³/mol. The average Bonchev–Trinajstić information content (AvgIpc) is 2.28. The van der Waals surface area contributed by atoms with Crippen LogP contribution < -0.4 is 15.8 Å². The van der Waals surface area contributed by atoms with E-state index in [-0.39, 0.29) is 6.04 Å². The van der Waals surface area contributed by atoms with E-state index in [9.17, 15) is 0 Å². The van der Waals surface area contributed by atoms with Crippen LogP contribution in [0.25, 0.3) is 0 Å². The van der Waals surface area contributed by atoms with Gasteiger partial charge in [0.25, 0.3) is 0 Å². The van der Waals surface area contributed by atoms with Crippen LogP contribution in [0.2, 0.25) is 0 Å². The van der Waals surface area contributed by atoms with Gasteiger partial charge >= 0.3 is 0 Å². The number of hydrogen-bond donors (Lipinski definition) is 2. The third kappa shape index (κ3) is 2.94. The zero-order valence-electron chi connectivity index (χ0n) is 9.71. The van der Waals surface area contributed by atoms with E-state index in [1.54, 1.807) is 7.11 Å². The van der Waals surface area contributed by atoms with Crippen LogP contribution in [0.3, 0.4) is 0 Å². The van der Waals surface area contributed by atoms with Crippen LogP contribution in [0.1, 0.15) is 24.1 Å². The third-order valence-corrected chi connectivity index (χ3v) is 2.54. The van der Waals surface area contributed by atoms with Crippen LogP contribution >= 0.6 is 0 Å². The van der Waals surface area contributed by atoms with E-state index >= 15 is 0 Å². The summed E-state index contributed by atoms with van der Waals surface area (Å²) in [7, 11) is 3.60. The summed E-state index contributed by atoms with van der Waals surface area (Å²) >= 11 is 0. The van der Waals surface area contributed by atoms with Gasteiger partial charge < -0.3 is 15.8 Å². The summed E-state index contributed by atoms with van der Waals surface area (Å²) < 4.78 is 5.27. The number of nitrogens with two attached hydrogens (primary N) is 1. The third-order valence-electron chi connectivity index (χ3n) is 2.54. The second kappa shape index (κ2) is 5.73. The Morgan fingerprint density at radius 3 is 2.73 bits per heavy atom. The first-order valence-electron chi connectivity index (χ1n) is 5.29. The van der Waals surface area contributed by atoms with Gasteiger partial charge in [-0.15, -0.1) is 0 Å². The highest BCUT2D eigenvalue weighted by molar-refractivity contribution is 5.38. The van der Waals surface area contributed by atoms with E-state index in [1.165, 1.54) is 5.56 Å². The van der Waals surface area contributed by atoms with Crippen LogP contribution in [0.4, 0.5) is 0 Å². The molecule has 1 atom stereocenters. The molecule has 0 radical (unpaired) electrons. The molecule has 0 aromatic heterocycles. The molecule has 0 saturated heterocycles. The van der Waals surface area contributed by atoms with Gasteiger partial charge in [-0.05, 0) is 30.7 Å². The van der Waals surface area contributed by atoms with Crippen LogP contribution in [-0.4, -0.2) is 20.7 Å². The zero-order valence-corrected chi connectivity index (χ0v) is 9.71. The van der Waals surface area contributed by atoms with E-state index < -0.39 is 0 Å². The Kier molecular flexibility index (Phi) is 4.59. The topological polar surface area (TPSA) is 47.3 Å². The summed E-state index contributed by atoms with van der Waals surface area (Å²) in [6, 6.07) is 6.19. The van der Waals surface area contributed by atoms with Crippen molar-refractivity contribution in [3.8, 4) is 5.75 Å². The molecule has 0 amide bonds. The Morgan fingerprint density at radius 1 is 1.47 bits per heavy atom. The number of likely N-dealkylation sites (N-methyl/N-ethyl adjacent to an activating group) is 1. The summed E-state index contributed by atoms with van der Waals surface area (Å²) in [4.78, 5) is 0. The molecule has 0 fully saturated rings. The number of benzene rings is 1. The van der Waals surface area contributed by atoms with E-state index in [1.807, 2.05) is 19.2 Å². The average molecular weight is 208 g/mol. The molecule has 3 N–H and O–H groups in total. The van der Waals surface area contributed by atoms with Gasteiger partial charge in [-0.25, -0.2) is 0 Å². The number of hydrogen-bond acceptors (Lipinski definition) is 3. The minimum atomic E-state index is 0.0474. The van der Waals surface area contributed by atoms with E-state index in [0.717, 1.165) is 24.3 Å². The fourth-order valence-corrected chi connectivity index (χ4v) is 1.64. The largest absolute Gasteiger partial charge is 0.496 e. The SMILES string of the molecule is CCc1cc(C(N)CNC)ccc1OC. The first kappa shape index (κ1) is 12.0. The van der Waals surface area contributed by atoms with E-state index in [0.29, 0.717) is 0 Å². The molecule has 1 aromatic carbocycles. The molecule has 84 valence electrons. The Bertz CT molecular complexity index is 312. The number of aryl methyl sites for hydroxylation is 1. The maximum atomic E-state index is 6.02. The molecule has 15 heavy (non-hydrogen) atoms. The van der Waals surface area contributed by atoms with E-state index in [2.05, 4.69) is 18.3 Å². The lowest BCUT2D eigenvalue weighted by Gasteiger charge is -2.14. The van der Waals surface area contributed by atoms with Gasteiger partial charge in [0.1, 0.15) is 5.75 Å². The molecule has 3 heteroatoms. The highest BCUT2D eigenvalue weighted by Gasteiger charge is 2.08. The Labute approximate surface area is 91.6 Å². The summed E-state index contributed by atoms with van der Waals surface area (Å²) in [5.74, 6) is 0.943. The van der Waals surface area contributed by atoms with Crippen molar-refractivity contribution in [1.29, 1.82) is 0 Å². The fraction of sp³-hybridized carbons (Fsp3) is 0.500. The van der Waals surface area contributed by atoms with Crippen molar-refractivity contribution in [3.05, 3.63) is 29.3 Å². The van der Waals surface area contributed by atoms with Gasteiger partial charge in [-0.2, -0.15) is 0 Å². The molecule has 0 heterocycles. The summed E-state index contributed by atoms with van der Waals surface area (Å²) in [6.45, 7) is 2.90. The Hall–Kier alpha value is -1.06. The van der Waals surface area contributed by atoms with Crippen molar-refractivity contribution >= 4 is 0 Å². The van der Waals surface area contributed by atoms with Gasteiger partial charge in [0, 0.05) is 12.6 Å². The lowest BCUT2D eigenvalue weighted by molar-refractivity contribution is 0.409. The molecule has 3 nitrogen and oxygen atoms in total. The molecule has 0 bridgehead atoms. The molecule has 0 aliphatic rings. The Morgan fingerprint density at radius 2 is 2.20 bits per heavy atom.